The fourth-order valence-corrected chi connectivity index (χ4v) is 3.06. The van der Waals surface area contributed by atoms with Crippen molar-refractivity contribution in [1.82, 2.24) is 9.55 Å². The monoisotopic (exact) mass is 316 g/mol. The summed E-state index contributed by atoms with van der Waals surface area (Å²) >= 11 is 0. The number of rotatable bonds is 4. The Morgan fingerprint density at radius 3 is 2.74 bits per heavy atom. The van der Waals surface area contributed by atoms with Crippen molar-refractivity contribution in [1.29, 1.82) is 0 Å². The Hall–Kier alpha value is -2.21. The maximum absolute atomic E-state index is 12.2. The molecule has 0 aromatic carbocycles. The number of methoxy groups -OCH3 is 1. The first-order chi connectivity index (χ1) is 11.0. The van der Waals surface area contributed by atoms with Crippen LogP contribution in [0.5, 0.6) is 5.75 Å². The number of aromatic nitrogens is 2. The minimum Gasteiger partial charge on any atom is -0.495 e. The van der Waals surface area contributed by atoms with E-state index in [9.17, 15) is 14.7 Å². The van der Waals surface area contributed by atoms with Gasteiger partial charge in [-0.1, -0.05) is 0 Å². The van der Waals surface area contributed by atoms with Crippen molar-refractivity contribution in [2.24, 2.45) is 0 Å². The lowest BCUT2D eigenvalue weighted by atomic mass is 9.82. The van der Waals surface area contributed by atoms with Crippen LogP contribution in [0.2, 0.25) is 0 Å². The molecule has 2 heterocycles. The van der Waals surface area contributed by atoms with E-state index in [-0.39, 0.29) is 11.3 Å². The summed E-state index contributed by atoms with van der Waals surface area (Å²) in [4.78, 5) is 27.8. The Bertz CT molecular complexity index is 787. The molecule has 3 rings (SSSR count). The van der Waals surface area contributed by atoms with Crippen LogP contribution in [0.3, 0.4) is 0 Å². The van der Waals surface area contributed by atoms with Crippen molar-refractivity contribution in [3.63, 3.8) is 0 Å². The second-order valence-electron chi connectivity index (χ2n) is 6.12. The summed E-state index contributed by atoms with van der Waals surface area (Å²) in [6.07, 6.45) is 3.81. The Morgan fingerprint density at radius 1 is 1.30 bits per heavy atom. The highest BCUT2D eigenvalue weighted by molar-refractivity contribution is 5.79. The molecule has 0 spiro atoms. The molecule has 6 heteroatoms. The maximum Gasteiger partial charge on any atom is 0.251 e. The van der Waals surface area contributed by atoms with E-state index in [4.69, 9.17) is 4.74 Å². The number of aliphatic hydroxyl groups is 1. The zero-order chi connectivity index (χ0) is 16.4. The molecule has 0 atom stereocenters. The van der Waals surface area contributed by atoms with E-state index in [1.54, 1.807) is 30.0 Å². The predicted octanol–water partition coefficient (Wildman–Crippen LogP) is 1.67. The van der Waals surface area contributed by atoms with Crippen LogP contribution >= 0.6 is 0 Å². The van der Waals surface area contributed by atoms with E-state index >= 15 is 0 Å². The number of hydrogen-bond donors (Lipinski definition) is 1. The molecular formula is C17H20N2O4. The van der Waals surface area contributed by atoms with Gasteiger partial charge in [0.15, 0.2) is 0 Å². The first-order valence-corrected chi connectivity index (χ1v) is 7.78. The highest BCUT2D eigenvalue weighted by atomic mass is 16.5. The van der Waals surface area contributed by atoms with Gasteiger partial charge in [-0.15, -0.1) is 0 Å². The molecule has 1 aliphatic carbocycles. The summed E-state index contributed by atoms with van der Waals surface area (Å²) in [6.45, 7) is 0.385. The van der Waals surface area contributed by atoms with Gasteiger partial charge in [0.25, 0.3) is 5.56 Å². The van der Waals surface area contributed by atoms with Crippen LogP contribution in [-0.4, -0.2) is 33.2 Å². The summed E-state index contributed by atoms with van der Waals surface area (Å²) in [5.74, 6) is 0.782. The quantitative estimate of drug-likeness (QED) is 0.928. The number of aryl methyl sites for hydroxylation is 1. The Kier molecular flexibility index (Phi) is 4.17. The third-order valence-electron chi connectivity index (χ3n) is 4.59. The molecule has 0 aliphatic heterocycles. The Labute approximate surface area is 133 Å². The fraction of sp³-hybridized carbons (Fsp3) is 0.471. The van der Waals surface area contributed by atoms with E-state index in [0.717, 1.165) is 0 Å². The zero-order valence-corrected chi connectivity index (χ0v) is 13.1. The van der Waals surface area contributed by atoms with Crippen molar-refractivity contribution in [3.05, 3.63) is 34.7 Å². The summed E-state index contributed by atoms with van der Waals surface area (Å²) in [5.41, 5.74) is 0.383. The van der Waals surface area contributed by atoms with Crippen LogP contribution in [-0.2, 0) is 11.3 Å². The highest BCUT2D eigenvalue weighted by Crippen LogP contribution is 2.30. The number of carbonyl (C=O) groups is 1. The number of ether oxygens (including phenoxy) is 1. The van der Waals surface area contributed by atoms with Gasteiger partial charge in [0.05, 0.1) is 29.9 Å². The SMILES string of the molecule is COc1cnc2ccc(=O)n(CCC3(O)CCC(=O)CC3)c2c1. The molecular weight excluding hydrogens is 296 g/mol. The van der Waals surface area contributed by atoms with E-state index < -0.39 is 5.60 Å². The van der Waals surface area contributed by atoms with Crippen molar-refractivity contribution < 1.29 is 14.6 Å². The molecule has 1 fully saturated rings. The topological polar surface area (TPSA) is 81.4 Å². The third kappa shape index (κ3) is 3.27. The molecule has 0 amide bonds. The average Bonchev–Trinajstić information content (AvgIpc) is 2.56. The number of carbonyl (C=O) groups excluding carboxylic acids is 1. The Morgan fingerprint density at radius 2 is 2.04 bits per heavy atom. The molecule has 1 N–H and O–H groups in total. The molecule has 122 valence electrons. The van der Waals surface area contributed by atoms with Gasteiger partial charge in [0.1, 0.15) is 11.5 Å². The standard InChI is InChI=1S/C17H20N2O4/c1-23-13-10-15-14(18-11-13)2-3-16(21)19(15)9-8-17(22)6-4-12(20)5-7-17/h2-3,10-11,22H,4-9H2,1H3. The van der Waals surface area contributed by atoms with Crippen LogP contribution in [0, 0.1) is 0 Å². The number of hydrogen-bond acceptors (Lipinski definition) is 5. The number of fused-ring (bicyclic) bond motifs is 1. The number of pyridine rings is 2. The van der Waals surface area contributed by atoms with Gasteiger partial charge in [0, 0.05) is 31.5 Å². The molecule has 6 nitrogen and oxygen atoms in total. The second-order valence-corrected chi connectivity index (χ2v) is 6.12. The molecule has 0 unspecified atom stereocenters. The summed E-state index contributed by atoms with van der Waals surface area (Å²) in [6, 6.07) is 4.94. The maximum atomic E-state index is 12.2. The zero-order valence-electron chi connectivity index (χ0n) is 13.1. The molecule has 2 aromatic heterocycles. The predicted molar refractivity (Wildman–Crippen MR) is 85.6 cm³/mol. The van der Waals surface area contributed by atoms with Crippen molar-refractivity contribution in [3.8, 4) is 5.75 Å². The van der Waals surface area contributed by atoms with Crippen LogP contribution in [0.4, 0.5) is 0 Å². The van der Waals surface area contributed by atoms with Crippen molar-refractivity contribution in [2.45, 2.75) is 44.2 Å². The van der Waals surface area contributed by atoms with Crippen LogP contribution in [0.25, 0.3) is 11.0 Å². The first-order valence-electron chi connectivity index (χ1n) is 7.78. The fourth-order valence-electron chi connectivity index (χ4n) is 3.06. The number of ketones is 1. The lowest BCUT2D eigenvalue weighted by Crippen LogP contribution is -2.36. The van der Waals surface area contributed by atoms with Gasteiger partial charge in [-0.25, -0.2) is 0 Å². The molecule has 0 saturated heterocycles. The normalized spacial score (nSPS) is 17.4. The van der Waals surface area contributed by atoms with E-state index in [1.807, 2.05) is 0 Å². The van der Waals surface area contributed by atoms with Crippen molar-refractivity contribution >= 4 is 16.8 Å². The largest absolute Gasteiger partial charge is 0.495 e. The van der Waals surface area contributed by atoms with Gasteiger partial charge in [0.2, 0.25) is 0 Å². The second kappa shape index (κ2) is 6.12. The molecule has 23 heavy (non-hydrogen) atoms. The first kappa shape index (κ1) is 15.7. The highest BCUT2D eigenvalue weighted by Gasteiger charge is 2.32. The number of nitrogens with zero attached hydrogens (tertiary/aromatic N) is 2. The molecule has 2 aromatic rings. The molecule has 0 bridgehead atoms. The van der Waals surface area contributed by atoms with Crippen molar-refractivity contribution in [2.75, 3.05) is 7.11 Å². The van der Waals surface area contributed by atoms with Crippen LogP contribution in [0.1, 0.15) is 32.1 Å². The molecule has 1 aliphatic rings. The lowest BCUT2D eigenvalue weighted by molar-refractivity contribution is -0.125. The minimum absolute atomic E-state index is 0.136. The van der Waals surface area contributed by atoms with E-state index in [0.29, 0.717) is 55.4 Å². The summed E-state index contributed by atoms with van der Waals surface area (Å²) in [5, 5.41) is 10.6. The lowest BCUT2D eigenvalue weighted by Gasteiger charge is -2.31. The minimum atomic E-state index is -0.873. The third-order valence-corrected chi connectivity index (χ3v) is 4.59. The van der Waals surface area contributed by atoms with E-state index in [2.05, 4.69) is 4.98 Å². The molecule has 1 saturated carbocycles. The van der Waals surface area contributed by atoms with Crippen LogP contribution in [0.15, 0.2) is 29.2 Å². The van der Waals surface area contributed by atoms with Gasteiger partial charge in [-0.2, -0.15) is 0 Å². The summed E-state index contributed by atoms with van der Waals surface area (Å²) in [7, 11) is 1.55. The smallest absolute Gasteiger partial charge is 0.251 e. The number of Topliss-reactive ketones (excluding diaryl/α,β-unsaturated/α-hetero) is 1. The molecule has 0 radical (unpaired) electrons. The van der Waals surface area contributed by atoms with Gasteiger partial charge >= 0.3 is 0 Å². The average molecular weight is 316 g/mol. The van der Waals surface area contributed by atoms with Crippen LogP contribution < -0.4 is 10.3 Å². The van der Waals surface area contributed by atoms with E-state index in [1.165, 1.54) is 6.07 Å². The van der Waals surface area contributed by atoms with Gasteiger partial charge < -0.3 is 14.4 Å². The Balaban J connectivity index is 1.88. The van der Waals surface area contributed by atoms with Gasteiger partial charge in [-0.05, 0) is 25.3 Å². The summed E-state index contributed by atoms with van der Waals surface area (Å²) < 4.78 is 6.79. The van der Waals surface area contributed by atoms with Gasteiger partial charge in [-0.3, -0.25) is 14.6 Å².